The largest absolute Gasteiger partial charge is 0.393 e. The highest BCUT2D eigenvalue weighted by atomic mass is 16.3. The van der Waals surface area contributed by atoms with Gasteiger partial charge in [0.05, 0.1) is 6.10 Å². The number of rotatable bonds is 1. The van der Waals surface area contributed by atoms with Gasteiger partial charge in [-0.25, -0.2) is 0 Å². The lowest BCUT2D eigenvalue weighted by molar-refractivity contribution is 0.0413. The molecule has 1 nitrogen and oxygen atoms in total. The van der Waals surface area contributed by atoms with Crippen molar-refractivity contribution in [1.29, 1.82) is 0 Å². The van der Waals surface area contributed by atoms with Crippen LogP contribution in [0.1, 0.15) is 39.5 Å². The lowest BCUT2D eigenvalue weighted by atomic mass is 9.77. The zero-order valence-electron chi connectivity index (χ0n) is 7.01. The van der Waals surface area contributed by atoms with E-state index in [2.05, 4.69) is 13.8 Å². The minimum absolute atomic E-state index is 0.0151. The summed E-state index contributed by atoms with van der Waals surface area (Å²) in [4.78, 5) is 0. The number of hydrogen-bond acceptors (Lipinski definition) is 1. The maximum Gasteiger partial charge on any atom is 0.0568 e. The van der Waals surface area contributed by atoms with Gasteiger partial charge in [0.2, 0.25) is 0 Å². The van der Waals surface area contributed by atoms with Gasteiger partial charge < -0.3 is 5.11 Å². The van der Waals surface area contributed by atoms with Crippen molar-refractivity contribution in [1.82, 2.24) is 0 Å². The molecule has 0 aromatic heterocycles. The number of hydrogen-bond donors (Lipinski definition) is 1. The Balaban J connectivity index is 2.42. The topological polar surface area (TPSA) is 20.2 Å². The van der Waals surface area contributed by atoms with E-state index in [9.17, 15) is 5.11 Å². The van der Waals surface area contributed by atoms with Crippen molar-refractivity contribution in [3.8, 4) is 0 Å². The molecule has 0 bridgehead atoms. The Morgan fingerprint density at radius 1 is 1.40 bits per heavy atom. The summed E-state index contributed by atoms with van der Waals surface area (Å²) >= 11 is 0. The zero-order chi connectivity index (χ0) is 7.56. The second-order valence-electron chi connectivity index (χ2n) is 3.53. The van der Waals surface area contributed by atoms with Crippen LogP contribution in [-0.4, -0.2) is 11.2 Å². The second kappa shape index (κ2) is 3.38. The molecule has 0 spiro atoms. The first kappa shape index (κ1) is 8.06. The Bertz CT molecular complexity index is 101. The SMILES string of the molecule is CC[C@H]1CCC[C@@H](O)[C@@H]1C. The third-order valence-electron chi connectivity index (χ3n) is 2.95. The summed E-state index contributed by atoms with van der Waals surface area (Å²) in [5, 5.41) is 9.48. The minimum Gasteiger partial charge on any atom is -0.393 e. The highest BCUT2D eigenvalue weighted by molar-refractivity contribution is 4.77. The Morgan fingerprint density at radius 3 is 2.60 bits per heavy atom. The van der Waals surface area contributed by atoms with E-state index in [4.69, 9.17) is 0 Å². The van der Waals surface area contributed by atoms with Crippen molar-refractivity contribution in [2.24, 2.45) is 11.8 Å². The first-order valence-corrected chi connectivity index (χ1v) is 4.43. The van der Waals surface area contributed by atoms with Crippen LogP contribution in [0.25, 0.3) is 0 Å². The van der Waals surface area contributed by atoms with Crippen LogP contribution in [0.2, 0.25) is 0 Å². The van der Waals surface area contributed by atoms with E-state index in [1.165, 1.54) is 19.3 Å². The van der Waals surface area contributed by atoms with E-state index in [0.717, 1.165) is 12.3 Å². The molecule has 1 aliphatic carbocycles. The molecular weight excluding hydrogens is 124 g/mol. The molecule has 1 N–H and O–H groups in total. The Kier molecular flexibility index (Phi) is 2.72. The molecule has 60 valence electrons. The lowest BCUT2D eigenvalue weighted by Crippen LogP contribution is -2.29. The van der Waals surface area contributed by atoms with E-state index < -0.39 is 0 Å². The fourth-order valence-electron chi connectivity index (χ4n) is 2.01. The molecule has 0 radical (unpaired) electrons. The summed E-state index contributed by atoms with van der Waals surface area (Å²) < 4.78 is 0. The Morgan fingerprint density at radius 2 is 2.10 bits per heavy atom. The van der Waals surface area contributed by atoms with Crippen LogP contribution in [0.15, 0.2) is 0 Å². The van der Waals surface area contributed by atoms with Crippen molar-refractivity contribution in [3.05, 3.63) is 0 Å². The van der Waals surface area contributed by atoms with E-state index >= 15 is 0 Å². The smallest absolute Gasteiger partial charge is 0.0568 e. The third kappa shape index (κ3) is 1.51. The first-order chi connectivity index (χ1) is 4.75. The van der Waals surface area contributed by atoms with Gasteiger partial charge in [-0.1, -0.05) is 33.1 Å². The van der Waals surface area contributed by atoms with Gasteiger partial charge in [0.1, 0.15) is 0 Å². The summed E-state index contributed by atoms with van der Waals surface area (Å²) in [7, 11) is 0. The van der Waals surface area contributed by atoms with Crippen LogP contribution in [0.3, 0.4) is 0 Å². The van der Waals surface area contributed by atoms with Crippen molar-refractivity contribution in [3.63, 3.8) is 0 Å². The molecule has 0 saturated heterocycles. The Hall–Kier alpha value is -0.0400. The van der Waals surface area contributed by atoms with Gasteiger partial charge in [0.25, 0.3) is 0 Å². The Labute approximate surface area is 63.4 Å². The lowest BCUT2D eigenvalue weighted by Gasteiger charge is -2.32. The van der Waals surface area contributed by atoms with Gasteiger partial charge in [0.15, 0.2) is 0 Å². The summed E-state index contributed by atoms with van der Waals surface area (Å²) in [5.41, 5.74) is 0. The third-order valence-corrected chi connectivity index (χ3v) is 2.95. The van der Waals surface area contributed by atoms with Gasteiger partial charge in [-0.2, -0.15) is 0 Å². The van der Waals surface area contributed by atoms with Gasteiger partial charge >= 0.3 is 0 Å². The average molecular weight is 142 g/mol. The van der Waals surface area contributed by atoms with Gasteiger partial charge in [-0.05, 0) is 18.3 Å². The molecule has 10 heavy (non-hydrogen) atoms. The molecule has 1 heteroatoms. The van der Waals surface area contributed by atoms with Crippen molar-refractivity contribution >= 4 is 0 Å². The molecule has 0 aromatic carbocycles. The fraction of sp³-hybridized carbons (Fsp3) is 1.00. The molecule has 1 rings (SSSR count). The molecule has 3 atom stereocenters. The van der Waals surface area contributed by atoms with Crippen LogP contribution in [-0.2, 0) is 0 Å². The predicted octanol–water partition coefficient (Wildman–Crippen LogP) is 2.19. The molecule has 0 aliphatic heterocycles. The van der Waals surface area contributed by atoms with Gasteiger partial charge in [-0.3, -0.25) is 0 Å². The van der Waals surface area contributed by atoms with Crippen LogP contribution in [0.4, 0.5) is 0 Å². The molecule has 0 aromatic rings. The van der Waals surface area contributed by atoms with Crippen LogP contribution >= 0.6 is 0 Å². The number of aliphatic hydroxyl groups is 1. The van der Waals surface area contributed by atoms with E-state index in [1.54, 1.807) is 0 Å². The fourth-order valence-corrected chi connectivity index (χ4v) is 2.01. The first-order valence-electron chi connectivity index (χ1n) is 4.43. The highest BCUT2D eigenvalue weighted by Gasteiger charge is 2.26. The van der Waals surface area contributed by atoms with Crippen LogP contribution in [0, 0.1) is 11.8 Å². The molecule has 0 heterocycles. The van der Waals surface area contributed by atoms with E-state index in [1.807, 2.05) is 0 Å². The molecule has 1 aliphatic rings. The molecule has 0 amide bonds. The molecule has 0 unspecified atom stereocenters. The van der Waals surface area contributed by atoms with Crippen molar-refractivity contribution < 1.29 is 5.11 Å². The standard InChI is InChI=1S/C9H18O/c1-3-8-5-4-6-9(10)7(8)2/h7-10H,3-6H2,1-2H3/t7-,8+,9-/m1/s1. The van der Waals surface area contributed by atoms with Crippen LogP contribution < -0.4 is 0 Å². The summed E-state index contributed by atoms with van der Waals surface area (Å²) in [6.07, 6.45) is 4.80. The molecule has 1 saturated carbocycles. The molecular formula is C9H18O. The van der Waals surface area contributed by atoms with E-state index in [0.29, 0.717) is 5.92 Å². The maximum atomic E-state index is 9.48. The quantitative estimate of drug-likeness (QED) is 0.595. The zero-order valence-corrected chi connectivity index (χ0v) is 7.01. The van der Waals surface area contributed by atoms with Crippen molar-refractivity contribution in [2.45, 2.75) is 45.6 Å². The predicted molar refractivity (Wildman–Crippen MR) is 42.8 cm³/mol. The van der Waals surface area contributed by atoms with Gasteiger partial charge in [0, 0.05) is 0 Å². The normalized spacial score (nSPS) is 41.7. The monoisotopic (exact) mass is 142 g/mol. The second-order valence-corrected chi connectivity index (χ2v) is 3.53. The van der Waals surface area contributed by atoms with Gasteiger partial charge in [-0.15, -0.1) is 0 Å². The van der Waals surface area contributed by atoms with Crippen LogP contribution in [0.5, 0.6) is 0 Å². The minimum atomic E-state index is -0.0151. The summed E-state index contributed by atoms with van der Waals surface area (Å²) in [6.45, 7) is 4.40. The highest BCUT2D eigenvalue weighted by Crippen LogP contribution is 2.31. The maximum absolute atomic E-state index is 9.48. The number of aliphatic hydroxyl groups excluding tert-OH is 1. The average Bonchev–Trinajstić information content (AvgIpc) is 1.95. The summed E-state index contributed by atoms with van der Waals surface area (Å²) in [6, 6.07) is 0. The molecule has 1 fully saturated rings. The van der Waals surface area contributed by atoms with E-state index in [-0.39, 0.29) is 6.10 Å². The van der Waals surface area contributed by atoms with Crippen molar-refractivity contribution in [2.75, 3.05) is 0 Å². The summed E-state index contributed by atoms with van der Waals surface area (Å²) in [5.74, 6) is 1.32.